The fourth-order valence-electron chi connectivity index (χ4n) is 4.63. The van der Waals surface area contributed by atoms with Gasteiger partial charge in [-0.15, -0.1) is 0 Å². The third kappa shape index (κ3) is 3.75. The van der Waals surface area contributed by atoms with Crippen LogP contribution in [0.3, 0.4) is 0 Å². The summed E-state index contributed by atoms with van der Waals surface area (Å²) >= 11 is 6.25. The van der Waals surface area contributed by atoms with Gasteiger partial charge in [0.25, 0.3) is 0 Å². The molecule has 7 heteroatoms. The van der Waals surface area contributed by atoms with Crippen LogP contribution in [0.25, 0.3) is 0 Å². The van der Waals surface area contributed by atoms with Crippen LogP contribution in [0, 0.1) is 0 Å². The fourth-order valence-corrected chi connectivity index (χ4v) is 4.85. The van der Waals surface area contributed by atoms with Crippen LogP contribution in [0.4, 0.5) is 0 Å². The number of carbonyl (C=O) groups excluding carboxylic acids is 2. The second-order valence-corrected chi connectivity index (χ2v) is 8.38. The van der Waals surface area contributed by atoms with Crippen molar-refractivity contribution in [3.8, 4) is 11.5 Å². The summed E-state index contributed by atoms with van der Waals surface area (Å²) in [6.45, 7) is 1.79. The van der Waals surface area contributed by atoms with E-state index >= 15 is 0 Å². The number of carbonyl (C=O) groups is 2. The molecule has 0 amide bonds. The van der Waals surface area contributed by atoms with Crippen molar-refractivity contribution < 1.29 is 24.2 Å². The van der Waals surface area contributed by atoms with Crippen LogP contribution in [0.2, 0.25) is 5.02 Å². The maximum absolute atomic E-state index is 13.5. The Morgan fingerprint density at radius 3 is 2.50 bits per heavy atom. The number of halogens is 1. The number of phenols is 1. The van der Waals surface area contributed by atoms with Crippen molar-refractivity contribution in [2.75, 3.05) is 14.2 Å². The number of aromatic hydroxyl groups is 1. The third-order valence-corrected chi connectivity index (χ3v) is 6.40. The van der Waals surface area contributed by atoms with Crippen molar-refractivity contribution in [3.63, 3.8) is 0 Å². The van der Waals surface area contributed by atoms with E-state index in [4.69, 9.17) is 21.1 Å². The SMILES string of the molecule is COC(=O)C1=C(C)NC2=C(C(=O)C[C@H](c3ccccc3)C2)[C@H]1c1cc(Cl)c(O)c(OC)c1. The number of ether oxygens (including phenoxy) is 2. The summed E-state index contributed by atoms with van der Waals surface area (Å²) in [5.41, 5.74) is 3.93. The molecule has 2 aliphatic rings. The lowest BCUT2D eigenvalue weighted by atomic mass is 9.71. The number of esters is 1. The molecule has 2 aromatic rings. The maximum atomic E-state index is 13.5. The average molecular weight is 454 g/mol. The summed E-state index contributed by atoms with van der Waals surface area (Å²) in [6, 6.07) is 13.1. The molecule has 1 aliphatic carbocycles. The maximum Gasteiger partial charge on any atom is 0.336 e. The van der Waals surface area contributed by atoms with Gasteiger partial charge in [0.15, 0.2) is 17.3 Å². The highest BCUT2D eigenvalue weighted by Crippen LogP contribution is 2.48. The normalized spacial score (nSPS) is 20.6. The molecule has 2 aromatic carbocycles. The first kappa shape index (κ1) is 22.0. The Bertz CT molecular complexity index is 1150. The molecule has 4 rings (SSSR count). The number of ketones is 1. The van der Waals surface area contributed by atoms with E-state index in [1.807, 2.05) is 30.3 Å². The number of methoxy groups -OCH3 is 2. The third-order valence-electron chi connectivity index (χ3n) is 6.11. The number of hydrogen-bond acceptors (Lipinski definition) is 6. The van der Waals surface area contributed by atoms with Gasteiger partial charge in [-0.25, -0.2) is 4.79 Å². The molecule has 0 fully saturated rings. The largest absolute Gasteiger partial charge is 0.503 e. The molecule has 6 nitrogen and oxygen atoms in total. The molecule has 2 atom stereocenters. The van der Waals surface area contributed by atoms with E-state index < -0.39 is 11.9 Å². The predicted molar refractivity (Wildman–Crippen MR) is 121 cm³/mol. The van der Waals surface area contributed by atoms with Gasteiger partial charge < -0.3 is 19.9 Å². The number of nitrogens with one attached hydrogen (secondary N) is 1. The van der Waals surface area contributed by atoms with E-state index in [1.54, 1.807) is 19.1 Å². The van der Waals surface area contributed by atoms with Crippen molar-refractivity contribution in [2.45, 2.75) is 31.6 Å². The first-order chi connectivity index (χ1) is 15.3. The molecule has 32 heavy (non-hydrogen) atoms. The molecule has 0 bridgehead atoms. The number of allylic oxidation sites excluding steroid dienone is 3. The zero-order valence-corrected chi connectivity index (χ0v) is 18.8. The summed E-state index contributed by atoms with van der Waals surface area (Å²) < 4.78 is 10.3. The highest BCUT2D eigenvalue weighted by molar-refractivity contribution is 6.32. The smallest absolute Gasteiger partial charge is 0.336 e. The number of rotatable bonds is 4. The van der Waals surface area contributed by atoms with Crippen LogP contribution in [0.15, 0.2) is 65.0 Å². The van der Waals surface area contributed by atoms with Gasteiger partial charge in [0.2, 0.25) is 0 Å². The topological polar surface area (TPSA) is 84.9 Å². The zero-order chi connectivity index (χ0) is 23.0. The van der Waals surface area contributed by atoms with Crippen molar-refractivity contribution in [1.29, 1.82) is 0 Å². The molecule has 0 spiro atoms. The van der Waals surface area contributed by atoms with E-state index in [0.29, 0.717) is 35.2 Å². The highest BCUT2D eigenvalue weighted by Gasteiger charge is 2.41. The summed E-state index contributed by atoms with van der Waals surface area (Å²) in [5, 5.41) is 13.6. The second kappa shape index (κ2) is 8.71. The van der Waals surface area contributed by atoms with Crippen LogP contribution < -0.4 is 10.1 Å². The van der Waals surface area contributed by atoms with E-state index in [9.17, 15) is 14.7 Å². The van der Waals surface area contributed by atoms with Crippen LogP contribution in [0.1, 0.15) is 42.7 Å². The molecule has 166 valence electrons. The Morgan fingerprint density at radius 1 is 1.12 bits per heavy atom. The molecule has 0 radical (unpaired) electrons. The fraction of sp³-hybridized carbons (Fsp3) is 0.280. The van der Waals surface area contributed by atoms with Gasteiger partial charge in [-0.1, -0.05) is 41.9 Å². The summed E-state index contributed by atoms with van der Waals surface area (Å²) in [6.07, 6.45) is 0.966. The Morgan fingerprint density at radius 2 is 1.84 bits per heavy atom. The number of phenolic OH excluding ortho intramolecular Hbond substituents is 1. The molecular formula is C25H24ClNO5. The van der Waals surface area contributed by atoms with E-state index in [-0.39, 0.29) is 28.2 Å². The molecule has 0 saturated carbocycles. The van der Waals surface area contributed by atoms with Gasteiger partial charge in [0.1, 0.15) is 0 Å². The van der Waals surface area contributed by atoms with Gasteiger partial charge in [-0.3, -0.25) is 4.79 Å². The molecule has 1 heterocycles. The Kier molecular flexibility index (Phi) is 5.98. The van der Waals surface area contributed by atoms with Crippen LogP contribution >= 0.6 is 11.6 Å². The quantitative estimate of drug-likeness (QED) is 0.659. The van der Waals surface area contributed by atoms with Gasteiger partial charge in [0, 0.05) is 29.3 Å². The summed E-state index contributed by atoms with van der Waals surface area (Å²) in [5.74, 6) is -1.25. The lowest BCUT2D eigenvalue weighted by Gasteiger charge is -2.36. The van der Waals surface area contributed by atoms with Crippen LogP contribution in [-0.2, 0) is 14.3 Å². The van der Waals surface area contributed by atoms with Crippen LogP contribution in [-0.4, -0.2) is 31.1 Å². The number of dihydropyridines is 1. The van der Waals surface area contributed by atoms with Crippen molar-refractivity contribution in [3.05, 3.63) is 81.2 Å². The van der Waals surface area contributed by atoms with Gasteiger partial charge in [-0.2, -0.15) is 0 Å². The highest BCUT2D eigenvalue weighted by atomic mass is 35.5. The predicted octanol–water partition coefficient (Wildman–Crippen LogP) is 4.59. The van der Waals surface area contributed by atoms with Crippen molar-refractivity contribution >= 4 is 23.4 Å². The molecular weight excluding hydrogens is 430 g/mol. The lowest BCUT2D eigenvalue weighted by Crippen LogP contribution is -2.36. The summed E-state index contributed by atoms with van der Waals surface area (Å²) in [4.78, 5) is 26.2. The van der Waals surface area contributed by atoms with E-state index in [2.05, 4.69) is 5.32 Å². The standard InChI is InChI=1S/C25H24ClNO5/c1-13-21(25(30)32-3)22(16-9-17(26)24(29)20(12-16)31-2)23-18(27-13)10-15(11-19(23)28)14-7-5-4-6-8-14/h4-9,12,15,22,27,29H,10-11H2,1-3H3/t15-,22+/m1/s1. The van der Waals surface area contributed by atoms with E-state index in [1.165, 1.54) is 14.2 Å². The molecule has 2 N–H and O–H groups in total. The number of hydrogen-bond donors (Lipinski definition) is 2. The van der Waals surface area contributed by atoms with Crippen LogP contribution in [0.5, 0.6) is 11.5 Å². The monoisotopic (exact) mass is 453 g/mol. The minimum absolute atomic E-state index is 0.0426. The molecule has 0 saturated heterocycles. The van der Waals surface area contributed by atoms with Crippen molar-refractivity contribution in [2.24, 2.45) is 0 Å². The Balaban J connectivity index is 1.87. The molecule has 1 aliphatic heterocycles. The first-order valence-electron chi connectivity index (χ1n) is 10.3. The first-order valence-corrected chi connectivity index (χ1v) is 10.7. The molecule has 0 aromatic heterocycles. The minimum atomic E-state index is -0.685. The van der Waals surface area contributed by atoms with E-state index in [0.717, 1.165) is 11.3 Å². The summed E-state index contributed by atoms with van der Waals surface area (Å²) in [7, 11) is 2.73. The molecule has 0 unspecified atom stereocenters. The van der Waals surface area contributed by atoms with Gasteiger partial charge in [-0.05, 0) is 42.5 Å². The van der Waals surface area contributed by atoms with Gasteiger partial charge >= 0.3 is 5.97 Å². The number of Topliss-reactive ketones (excluding diaryl/α,β-unsaturated/α-hetero) is 1. The minimum Gasteiger partial charge on any atom is -0.503 e. The number of benzene rings is 2. The van der Waals surface area contributed by atoms with Gasteiger partial charge in [0.05, 0.1) is 24.8 Å². The lowest BCUT2D eigenvalue weighted by molar-refractivity contribution is -0.136. The second-order valence-electron chi connectivity index (χ2n) is 7.97. The Labute approximate surface area is 191 Å². The zero-order valence-electron chi connectivity index (χ0n) is 18.1. The van der Waals surface area contributed by atoms with Crippen molar-refractivity contribution in [1.82, 2.24) is 5.32 Å². The average Bonchev–Trinajstić information content (AvgIpc) is 2.79. The Hall–Kier alpha value is -3.25.